The van der Waals surface area contributed by atoms with Gasteiger partial charge in [-0.2, -0.15) is 9.40 Å². The SMILES string of the molecule is Cc1c(S(=O)(=O)N2CCn3nccc3C2)cc(C(=O)NCc2cccnc2N2CCCC2)n1C. The summed E-state index contributed by atoms with van der Waals surface area (Å²) < 4.78 is 31.8. The topological polar surface area (TPSA) is 105 Å². The maximum atomic E-state index is 13.4. The third-order valence-electron chi connectivity index (χ3n) is 6.76. The van der Waals surface area contributed by atoms with Crippen LogP contribution in [-0.4, -0.2) is 57.6 Å². The summed E-state index contributed by atoms with van der Waals surface area (Å²) in [6.45, 7) is 5.09. The van der Waals surface area contributed by atoms with Crippen LogP contribution in [0.1, 0.15) is 40.3 Å². The first-order chi connectivity index (χ1) is 16.4. The predicted octanol–water partition coefficient (Wildman–Crippen LogP) is 1.66. The van der Waals surface area contributed by atoms with E-state index in [-0.39, 0.29) is 17.3 Å². The second-order valence-electron chi connectivity index (χ2n) is 8.79. The molecule has 0 spiro atoms. The molecule has 11 heteroatoms. The molecule has 1 N–H and O–H groups in total. The van der Waals surface area contributed by atoms with Gasteiger partial charge >= 0.3 is 0 Å². The number of rotatable bonds is 6. The number of fused-ring (bicyclic) bond motifs is 1. The van der Waals surface area contributed by atoms with Gasteiger partial charge in [-0.3, -0.25) is 9.48 Å². The molecule has 0 aromatic carbocycles. The molecule has 0 aliphatic carbocycles. The maximum absolute atomic E-state index is 13.4. The molecule has 34 heavy (non-hydrogen) atoms. The van der Waals surface area contributed by atoms with E-state index in [9.17, 15) is 13.2 Å². The van der Waals surface area contributed by atoms with E-state index in [1.807, 2.05) is 22.9 Å². The highest BCUT2D eigenvalue weighted by molar-refractivity contribution is 7.89. The average molecular weight is 484 g/mol. The fourth-order valence-electron chi connectivity index (χ4n) is 4.70. The molecule has 3 aromatic heterocycles. The summed E-state index contributed by atoms with van der Waals surface area (Å²) in [5, 5.41) is 7.17. The molecular weight excluding hydrogens is 454 g/mol. The van der Waals surface area contributed by atoms with Gasteiger partial charge in [0, 0.05) is 56.9 Å². The van der Waals surface area contributed by atoms with E-state index < -0.39 is 10.0 Å². The molecule has 0 radical (unpaired) electrons. The number of carbonyl (C=O) groups excluding carboxylic acids is 1. The lowest BCUT2D eigenvalue weighted by molar-refractivity contribution is 0.0942. The van der Waals surface area contributed by atoms with Gasteiger partial charge in [0.2, 0.25) is 10.0 Å². The summed E-state index contributed by atoms with van der Waals surface area (Å²) in [6, 6.07) is 7.14. The van der Waals surface area contributed by atoms with Gasteiger partial charge < -0.3 is 14.8 Å². The standard InChI is InChI=1S/C23H29N7O3S/c1-17-21(34(32,33)29-12-13-30-19(16-29)7-9-26-30)14-20(27(17)2)23(31)25-15-18-6-5-8-24-22(18)28-10-3-4-11-28/h5-9,14H,3-4,10-13,15-16H2,1-2H3,(H,25,31). The van der Waals surface area contributed by atoms with Crippen molar-refractivity contribution in [2.75, 3.05) is 24.5 Å². The van der Waals surface area contributed by atoms with Crippen LogP contribution in [0, 0.1) is 6.92 Å². The molecule has 2 aliphatic heterocycles. The number of pyridine rings is 1. The van der Waals surface area contributed by atoms with Gasteiger partial charge in [-0.15, -0.1) is 0 Å². The van der Waals surface area contributed by atoms with Gasteiger partial charge in [-0.25, -0.2) is 13.4 Å². The van der Waals surface area contributed by atoms with E-state index in [2.05, 4.69) is 20.3 Å². The van der Waals surface area contributed by atoms with Crippen molar-refractivity contribution in [1.82, 2.24) is 29.0 Å². The Morgan fingerprint density at radius 3 is 2.71 bits per heavy atom. The average Bonchev–Trinajstić information content (AvgIpc) is 3.59. The van der Waals surface area contributed by atoms with Crippen LogP contribution in [0.2, 0.25) is 0 Å². The van der Waals surface area contributed by atoms with Gasteiger partial charge in [-0.05, 0) is 38.0 Å². The Morgan fingerprint density at radius 1 is 1.12 bits per heavy atom. The van der Waals surface area contributed by atoms with E-state index in [1.54, 1.807) is 30.9 Å². The van der Waals surface area contributed by atoms with Crippen LogP contribution in [0.3, 0.4) is 0 Å². The highest BCUT2D eigenvalue weighted by Gasteiger charge is 2.32. The number of nitrogens with one attached hydrogen (secondary N) is 1. The zero-order valence-electron chi connectivity index (χ0n) is 19.4. The van der Waals surface area contributed by atoms with E-state index in [4.69, 9.17) is 0 Å². The molecule has 5 rings (SSSR count). The Kier molecular flexibility index (Phi) is 5.90. The molecule has 1 fully saturated rings. The molecule has 10 nitrogen and oxygen atoms in total. The van der Waals surface area contributed by atoms with Gasteiger partial charge in [-0.1, -0.05) is 6.07 Å². The van der Waals surface area contributed by atoms with Crippen molar-refractivity contribution in [3.63, 3.8) is 0 Å². The molecule has 3 aromatic rings. The summed E-state index contributed by atoms with van der Waals surface area (Å²) >= 11 is 0. The predicted molar refractivity (Wildman–Crippen MR) is 127 cm³/mol. The molecule has 0 saturated carbocycles. The monoisotopic (exact) mass is 483 g/mol. The third kappa shape index (κ3) is 3.98. The van der Waals surface area contributed by atoms with Gasteiger partial charge in [0.25, 0.3) is 5.91 Å². The van der Waals surface area contributed by atoms with Crippen molar-refractivity contribution in [3.8, 4) is 0 Å². The zero-order valence-corrected chi connectivity index (χ0v) is 20.3. The van der Waals surface area contributed by atoms with E-state index >= 15 is 0 Å². The summed E-state index contributed by atoms with van der Waals surface area (Å²) in [7, 11) is -2.04. The quantitative estimate of drug-likeness (QED) is 0.572. The summed E-state index contributed by atoms with van der Waals surface area (Å²) in [6.07, 6.45) is 5.73. The Balaban J connectivity index is 1.34. The molecule has 2 aliphatic rings. The van der Waals surface area contributed by atoms with Crippen molar-refractivity contribution in [2.45, 2.75) is 44.3 Å². The summed E-state index contributed by atoms with van der Waals surface area (Å²) in [4.78, 5) is 20.0. The molecule has 0 bridgehead atoms. The van der Waals surface area contributed by atoms with Crippen LogP contribution in [-0.2, 0) is 36.7 Å². The fraction of sp³-hybridized carbons (Fsp3) is 0.435. The van der Waals surface area contributed by atoms with Crippen LogP contribution in [0.5, 0.6) is 0 Å². The number of nitrogens with zero attached hydrogens (tertiary/aromatic N) is 6. The van der Waals surface area contributed by atoms with Crippen LogP contribution < -0.4 is 10.2 Å². The lowest BCUT2D eigenvalue weighted by atomic mass is 10.2. The van der Waals surface area contributed by atoms with Crippen molar-refractivity contribution in [2.24, 2.45) is 7.05 Å². The fourth-order valence-corrected chi connectivity index (χ4v) is 6.38. The number of carbonyl (C=O) groups is 1. The number of anilines is 1. The molecule has 0 atom stereocenters. The minimum atomic E-state index is -3.76. The Morgan fingerprint density at radius 2 is 1.91 bits per heavy atom. The molecule has 1 saturated heterocycles. The minimum absolute atomic E-state index is 0.159. The number of amides is 1. The second-order valence-corrected chi connectivity index (χ2v) is 10.7. The van der Waals surface area contributed by atoms with Crippen LogP contribution in [0.25, 0.3) is 0 Å². The number of aromatic nitrogens is 4. The highest BCUT2D eigenvalue weighted by Crippen LogP contribution is 2.27. The summed E-state index contributed by atoms with van der Waals surface area (Å²) in [5.41, 5.74) is 2.64. The largest absolute Gasteiger partial charge is 0.356 e. The Labute approximate surface area is 199 Å². The minimum Gasteiger partial charge on any atom is -0.356 e. The van der Waals surface area contributed by atoms with Crippen molar-refractivity contribution < 1.29 is 13.2 Å². The van der Waals surface area contributed by atoms with Crippen LogP contribution in [0.15, 0.2) is 41.6 Å². The van der Waals surface area contributed by atoms with Crippen molar-refractivity contribution >= 4 is 21.7 Å². The second kappa shape index (κ2) is 8.88. The van der Waals surface area contributed by atoms with Gasteiger partial charge in [0.1, 0.15) is 16.4 Å². The summed E-state index contributed by atoms with van der Waals surface area (Å²) in [5.74, 6) is 0.580. The van der Waals surface area contributed by atoms with Crippen molar-refractivity contribution in [3.05, 3.63) is 59.3 Å². The first-order valence-corrected chi connectivity index (χ1v) is 12.9. The van der Waals surface area contributed by atoms with Gasteiger partial charge in [0.15, 0.2) is 0 Å². The van der Waals surface area contributed by atoms with Crippen LogP contribution in [0.4, 0.5) is 5.82 Å². The zero-order chi connectivity index (χ0) is 23.9. The van der Waals surface area contributed by atoms with E-state index in [0.717, 1.165) is 43.0 Å². The number of hydrogen-bond donors (Lipinski definition) is 1. The molecule has 180 valence electrons. The lowest BCUT2D eigenvalue weighted by Crippen LogP contribution is -2.38. The first-order valence-electron chi connectivity index (χ1n) is 11.5. The Hall–Kier alpha value is -3.18. The first kappa shape index (κ1) is 22.6. The van der Waals surface area contributed by atoms with Crippen LogP contribution >= 0.6 is 0 Å². The molecular formula is C23H29N7O3S. The Bertz CT molecular complexity index is 1320. The molecule has 1 amide bonds. The third-order valence-corrected chi connectivity index (χ3v) is 8.72. The van der Waals surface area contributed by atoms with Crippen molar-refractivity contribution in [1.29, 1.82) is 0 Å². The number of hydrogen-bond acceptors (Lipinski definition) is 6. The normalized spacial score (nSPS) is 16.6. The number of sulfonamides is 1. The smallest absolute Gasteiger partial charge is 0.268 e. The van der Waals surface area contributed by atoms with Gasteiger partial charge in [0.05, 0.1) is 18.8 Å². The van der Waals surface area contributed by atoms with E-state index in [0.29, 0.717) is 31.0 Å². The molecule has 0 unspecified atom stereocenters. The maximum Gasteiger partial charge on any atom is 0.268 e. The van der Waals surface area contributed by atoms with E-state index in [1.165, 1.54) is 10.4 Å². The lowest BCUT2D eigenvalue weighted by Gasteiger charge is -2.26. The highest BCUT2D eigenvalue weighted by atomic mass is 32.2. The molecule has 5 heterocycles.